The molecule has 1 unspecified atom stereocenters. The van der Waals surface area contributed by atoms with Crippen molar-refractivity contribution in [2.24, 2.45) is 0 Å². The van der Waals surface area contributed by atoms with Crippen LogP contribution in [0.25, 0.3) is 0 Å². The first-order valence-electron chi connectivity index (χ1n) is 2.34. The van der Waals surface area contributed by atoms with E-state index in [-0.39, 0.29) is 5.37 Å². The van der Waals surface area contributed by atoms with E-state index < -0.39 is 6.09 Å². The fourth-order valence-electron chi connectivity index (χ4n) is 0.245. The molecule has 0 saturated carbocycles. The molecule has 0 rings (SSSR count). The van der Waals surface area contributed by atoms with E-state index in [1.54, 1.807) is 0 Å². The monoisotopic (exact) mass is 135 g/mol. The lowest BCUT2D eigenvalue weighted by molar-refractivity contribution is 0.193. The molecule has 0 aliphatic carbocycles. The molecule has 48 valence electrons. The fraction of sp³-hybridized carbons (Fsp3) is 0.750. The summed E-state index contributed by atoms with van der Waals surface area (Å²) in [5.41, 5.74) is 0. The van der Waals surface area contributed by atoms with Crippen molar-refractivity contribution in [3.05, 3.63) is 0 Å². The molecule has 2 N–H and O–H groups in total. The van der Waals surface area contributed by atoms with Crippen molar-refractivity contribution < 1.29 is 9.90 Å². The van der Waals surface area contributed by atoms with Crippen LogP contribution in [-0.4, -0.2) is 16.6 Å². The highest BCUT2D eigenvalue weighted by Crippen LogP contribution is 1.93. The van der Waals surface area contributed by atoms with Gasteiger partial charge in [-0.25, -0.2) is 4.79 Å². The Morgan fingerprint density at radius 1 is 2.00 bits per heavy atom. The van der Waals surface area contributed by atoms with E-state index in [9.17, 15) is 4.79 Å². The van der Waals surface area contributed by atoms with Crippen LogP contribution in [0.2, 0.25) is 0 Å². The van der Waals surface area contributed by atoms with Gasteiger partial charge in [0, 0.05) is 0 Å². The van der Waals surface area contributed by atoms with E-state index in [0.29, 0.717) is 6.42 Å². The van der Waals surface area contributed by atoms with Crippen molar-refractivity contribution in [2.75, 3.05) is 0 Å². The highest BCUT2D eigenvalue weighted by Gasteiger charge is 2.00. The SMILES string of the molecule is CCC(S)NC(=O)O. The molecule has 0 bridgehead atoms. The molecule has 0 aromatic heterocycles. The fourth-order valence-corrected chi connectivity index (χ4v) is 0.355. The third kappa shape index (κ3) is 3.80. The van der Waals surface area contributed by atoms with Crippen LogP contribution < -0.4 is 5.32 Å². The highest BCUT2D eigenvalue weighted by molar-refractivity contribution is 7.80. The standard InChI is InChI=1S/C4H9NO2S/c1-2-3(8)5-4(6)7/h3,5,8H,2H2,1H3,(H,6,7). The van der Waals surface area contributed by atoms with Crippen molar-refractivity contribution >= 4 is 18.7 Å². The van der Waals surface area contributed by atoms with E-state index in [1.165, 1.54) is 0 Å². The van der Waals surface area contributed by atoms with Gasteiger partial charge in [0.15, 0.2) is 0 Å². The average Bonchev–Trinajstić information content (AvgIpc) is 1.65. The smallest absolute Gasteiger partial charge is 0.405 e. The summed E-state index contributed by atoms with van der Waals surface area (Å²) in [5, 5.41) is 10.00. The number of rotatable bonds is 2. The Balaban J connectivity index is 3.24. The molecule has 3 nitrogen and oxygen atoms in total. The third-order valence-corrected chi connectivity index (χ3v) is 1.17. The minimum atomic E-state index is -1.02. The zero-order valence-electron chi connectivity index (χ0n) is 4.59. The number of nitrogens with one attached hydrogen (secondary N) is 1. The largest absolute Gasteiger partial charge is 0.465 e. The molecular formula is C4H9NO2S. The Morgan fingerprint density at radius 2 is 2.50 bits per heavy atom. The maximum atomic E-state index is 9.81. The molecule has 0 radical (unpaired) electrons. The highest BCUT2D eigenvalue weighted by atomic mass is 32.1. The first kappa shape index (κ1) is 7.62. The predicted molar refractivity (Wildman–Crippen MR) is 34.2 cm³/mol. The molecular weight excluding hydrogens is 126 g/mol. The number of amides is 1. The summed E-state index contributed by atoms with van der Waals surface area (Å²) in [6, 6.07) is 0. The van der Waals surface area contributed by atoms with Crippen LogP contribution in [0, 0.1) is 0 Å². The van der Waals surface area contributed by atoms with Gasteiger partial charge in [0.25, 0.3) is 0 Å². The number of carboxylic acid groups (broad SMARTS) is 1. The Hall–Kier alpha value is -0.380. The van der Waals surface area contributed by atoms with Crippen molar-refractivity contribution in [3.63, 3.8) is 0 Å². The Bertz CT molecular complexity index is 86.1. The Morgan fingerprint density at radius 3 is 2.62 bits per heavy atom. The summed E-state index contributed by atoms with van der Waals surface area (Å²) in [5.74, 6) is 0. The van der Waals surface area contributed by atoms with E-state index in [1.807, 2.05) is 6.92 Å². The first-order valence-corrected chi connectivity index (χ1v) is 2.86. The second-order valence-corrected chi connectivity index (χ2v) is 2.00. The molecule has 0 heterocycles. The zero-order chi connectivity index (χ0) is 6.57. The first-order chi connectivity index (χ1) is 3.66. The normalized spacial score (nSPS) is 12.8. The maximum Gasteiger partial charge on any atom is 0.405 e. The molecule has 0 saturated heterocycles. The number of thiol groups is 1. The van der Waals surface area contributed by atoms with Gasteiger partial charge >= 0.3 is 6.09 Å². The number of hydrogen-bond donors (Lipinski definition) is 3. The maximum absolute atomic E-state index is 9.81. The van der Waals surface area contributed by atoms with Crippen LogP contribution in [0.3, 0.4) is 0 Å². The van der Waals surface area contributed by atoms with Crippen molar-refractivity contribution in [1.29, 1.82) is 0 Å². The van der Waals surface area contributed by atoms with Crippen LogP contribution in [0.4, 0.5) is 4.79 Å². The summed E-state index contributed by atoms with van der Waals surface area (Å²) >= 11 is 3.88. The topological polar surface area (TPSA) is 49.3 Å². The molecule has 0 fully saturated rings. The lowest BCUT2D eigenvalue weighted by atomic mass is 10.5. The molecule has 8 heavy (non-hydrogen) atoms. The van der Waals surface area contributed by atoms with Crippen molar-refractivity contribution in [1.82, 2.24) is 5.32 Å². The molecule has 0 spiro atoms. The van der Waals surface area contributed by atoms with Gasteiger partial charge in [-0.3, -0.25) is 0 Å². The van der Waals surface area contributed by atoms with Gasteiger partial charge in [0.2, 0.25) is 0 Å². The van der Waals surface area contributed by atoms with Gasteiger partial charge in [0.1, 0.15) is 0 Å². The molecule has 1 amide bonds. The van der Waals surface area contributed by atoms with Crippen LogP contribution in [0.5, 0.6) is 0 Å². The zero-order valence-corrected chi connectivity index (χ0v) is 5.48. The molecule has 1 atom stereocenters. The molecule has 0 aliphatic rings. The predicted octanol–water partition coefficient (Wildman–Crippen LogP) is 0.920. The molecule has 0 aliphatic heterocycles. The van der Waals surface area contributed by atoms with Crippen molar-refractivity contribution in [2.45, 2.75) is 18.7 Å². The van der Waals surface area contributed by atoms with E-state index >= 15 is 0 Å². The van der Waals surface area contributed by atoms with Crippen LogP contribution in [-0.2, 0) is 0 Å². The molecule has 0 aromatic carbocycles. The number of carbonyl (C=O) groups is 1. The van der Waals surface area contributed by atoms with Crippen LogP contribution >= 0.6 is 12.6 Å². The lowest BCUT2D eigenvalue weighted by Crippen LogP contribution is -2.28. The number of hydrogen-bond acceptors (Lipinski definition) is 2. The van der Waals surface area contributed by atoms with Gasteiger partial charge in [0.05, 0.1) is 5.37 Å². The van der Waals surface area contributed by atoms with Crippen molar-refractivity contribution in [3.8, 4) is 0 Å². The van der Waals surface area contributed by atoms with E-state index in [2.05, 4.69) is 17.9 Å². The minimum absolute atomic E-state index is 0.229. The summed E-state index contributed by atoms with van der Waals surface area (Å²) < 4.78 is 0. The Labute approximate surface area is 53.5 Å². The van der Waals surface area contributed by atoms with Gasteiger partial charge in [-0.2, -0.15) is 12.6 Å². The quantitative estimate of drug-likeness (QED) is 0.389. The van der Waals surface area contributed by atoms with Crippen LogP contribution in [0.15, 0.2) is 0 Å². The van der Waals surface area contributed by atoms with Gasteiger partial charge in [-0.15, -0.1) is 0 Å². The van der Waals surface area contributed by atoms with Gasteiger partial charge in [-0.1, -0.05) is 6.92 Å². The molecule has 4 heteroatoms. The summed E-state index contributed by atoms with van der Waals surface area (Å²) in [6.07, 6.45) is -0.318. The summed E-state index contributed by atoms with van der Waals surface area (Å²) in [7, 11) is 0. The van der Waals surface area contributed by atoms with Crippen LogP contribution in [0.1, 0.15) is 13.3 Å². The molecule has 0 aromatic rings. The Kier molecular flexibility index (Phi) is 3.43. The lowest BCUT2D eigenvalue weighted by Gasteiger charge is -2.04. The second kappa shape index (κ2) is 3.60. The average molecular weight is 135 g/mol. The summed E-state index contributed by atoms with van der Waals surface area (Å²) in [6.45, 7) is 1.85. The van der Waals surface area contributed by atoms with Gasteiger partial charge < -0.3 is 10.4 Å². The van der Waals surface area contributed by atoms with Gasteiger partial charge in [-0.05, 0) is 6.42 Å². The van der Waals surface area contributed by atoms with E-state index in [4.69, 9.17) is 5.11 Å². The van der Waals surface area contributed by atoms with E-state index in [0.717, 1.165) is 0 Å². The second-order valence-electron chi connectivity index (χ2n) is 1.37. The third-order valence-electron chi connectivity index (χ3n) is 0.677. The summed E-state index contributed by atoms with van der Waals surface area (Å²) in [4.78, 5) is 9.81. The minimum Gasteiger partial charge on any atom is -0.465 e.